The molecule has 1 N–H and O–H groups in total. The lowest BCUT2D eigenvalue weighted by Crippen LogP contribution is -2.40. The van der Waals surface area contributed by atoms with E-state index in [2.05, 4.69) is 5.32 Å². The van der Waals surface area contributed by atoms with E-state index in [0.29, 0.717) is 6.54 Å². The zero-order valence-corrected chi connectivity index (χ0v) is 9.58. The molecule has 84 valence electrons. The van der Waals surface area contributed by atoms with Gasteiger partial charge in [0.15, 0.2) is 0 Å². The van der Waals surface area contributed by atoms with Crippen molar-refractivity contribution in [3.63, 3.8) is 0 Å². The van der Waals surface area contributed by atoms with Crippen LogP contribution in [0.2, 0.25) is 0 Å². The summed E-state index contributed by atoms with van der Waals surface area (Å²) in [5.74, 6) is -1.39. The van der Waals surface area contributed by atoms with Crippen LogP contribution < -0.4 is 5.32 Å². The fraction of sp³-hybridized carbons (Fsp3) is 0.300. The van der Waals surface area contributed by atoms with Crippen LogP contribution in [-0.2, 0) is 16.1 Å². The fourth-order valence-electron chi connectivity index (χ4n) is 1.10. The minimum Gasteiger partial charge on any atom is -0.335 e. The summed E-state index contributed by atoms with van der Waals surface area (Å²) < 4.78 is 0. The maximum atomic E-state index is 11.5. The normalized spacial score (nSPS) is 9.25. The Morgan fingerprint density at radius 1 is 1.62 bits per heavy atom. The predicted octanol–water partition coefficient (Wildman–Crippen LogP) is 0.346. The van der Waals surface area contributed by atoms with Gasteiger partial charge in [0, 0.05) is 13.6 Å². The molecule has 0 unspecified atom stereocenters. The van der Waals surface area contributed by atoms with Gasteiger partial charge in [-0.3, -0.25) is 9.59 Å². The molecule has 0 aliphatic carbocycles. The van der Waals surface area contributed by atoms with Crippen LogP contribution >= 0.6 is 11.3 Å². The van der Waals surface area contributed by atoms with Gasteiger partial charge in [-0.1, -0.05) is 0 Å². The maximum absolute atomic E-state index is 11.5. The molecule has 0 spiro atoms. The molecule has 0 aromatic carbocycles. The second-order valence-electron chi connectivity index (χ2n) is 3.13. The molecule has 5 nitrogen and oxygen atoms in total. The number of nitrogens with zero attached hydrogens (tertiary/aromatic N) is 2. The van der Waals surface area contributed by atoms with Crippen molar-refractivity contribution in [2.45, 2.75) is 6.54 Å². The van der Waals surface area contributed by atoms with Gasteiger partial charge in [-0.2, -0.15) is 16.6 Å². The third kappa shape index (κ3) is 3.37. The molecule has 1 aromatic heterocycles. The number of thiophene rings is 1. The summed E-state index contributed by atoms with van der Waals surface area (Å²) in [5, 5.41) is 14.3. The van der Waals surface area contributed by atoms with Crippen LogP contribution in [0.25, 0.3) is 0 Å². The minimum atomic E-state index is -0.751. The van der Waals surface area contributed by atoms with Crippen LogP contribution in [-0.4, -0.2) is 30.3 Å². The number of hydrogen-bond donors (Lipinski definition) is 1. The first-order valence-electron chi connectivity index (χ1n) is 4.56. The molecule has 1 heterocycles. The van der Waals surface area contributed by atoms with E-state index in [1.54, 1.807) is 13.1 Å². The highest BCUT2D eigenvalue weighted by atomic mass is 32.1. The smallest absolute Gasteiger partial charge is 0.311 e. The Hall–Kier alpha value is -1.87. The van der Waals surface area contributed by atoms with Gasteiger partial charge in [0.05, 0.1) is 6.07 Å². The third-order valence-electron chi connectivity index (χ3n) is 1.87. The second kappa shape index (κ2) is 5.88. The number of carbonyl (C=O) groups is 2. The van der Waals surface area contributed by atoms with Gasteiger partial charge in [-0.25, -0.2) is 0 Å². The second-order valence-corrected chi connectivity index (χ2v) is 3.91. The Balaban J connectivity index is 2.48. The number of hydrogen-bond acceptors (Lipinski definition) is 4. The molecule has 16 heavy (non-hydrogen) atoms. The van der Waals surface area contributed by atoms with Crippen molar-refractivity contribution >= 4 is 23.2 Å². The Labute approximate surface area is 97.3 Å². The molecule has 0 bridgehead atoms. The molecule has 0 atom stereocenters. The highest BCUT2D eigenvalue weighted by Gasteiger charge is 2.17. The van der Waals surface area contributed by atoms with Crippen molar-refractivity contribution in [3.8, 4) is 6.07 Å². The van der Waals surface area contributed by atoms with Gasteiger partial charge in [0.25, 0.3) is 0 Å². The lowest BCUT2D eigenvalue weighted by molar-refractivity contribution is -0.145. The fourth-order valence-corrected chi connectivity index (χ4v) is 1.76. The molecule has 0 fully saturated rings. The van der Waals surface area contributed by atoms with E-state index >= 15 is 0 Å². The SMILES string of the molecule is CN(Cc1ccsc1)C(=O)C(=O)NCC#N. The van der Waals surface area contributed by atoms with Crippen molar-refractivity contribution in [3.05, 3.63) is 22.4 Å². The number of nitrogens with one attached hydrogen (secondary N) is 1. The summed E-state index contributed by atoms with van der Waals surface area (Å²) in [6.45, 7) is 0.235. The Kier molecular flexibility index (Phi) is 4.48. The highest BCUT2D eigenvalue weighted by molar-refractivity contribution is 7.07. The Morgan fingerprint density at radius 2 is 2.38 bits per heavy atom. The van der Waals surface area contributed by atoms with Gasteiger partial charge in [-0.05, 0) is 22.4 Å². The van der Waals surface area contributed by atoms with E-state index in [1.165, 1.54) is 16.2 Å². The summed E-state index contributed by atoms with van der Waals surface area (Å²) in [4.78, 5) is 24.0. The number of carbonyl (C=O) groups excluding carboxylic acids is 2. The maximum Gasteiger partial charge on any atom is 0.311 e. The molecule has 6 heteroatoms. The topological polar surface area (TPSA) is 73.2 Å². The lowest BCUT2D eigenvalue weighted by atomic mass is 10.3. The first kappa shape index (κ1) is 12.2. The summed E-state index contributed by atoms with van der Waals surface area (Å²) in [6.07, 6.45) is 0. The number of nitriles is 1. The van der Waals surface area contributed by atoms with E-state index < -0.39 is 11.8 Å². The van der Waals surface area contributed by atoms with Gasteiger partial charge >= 0.3 is 11.8 Å². The molecule has 0 radical (unpaired) electrons. The molecule has 1 rings (SSSR count). The van der Waals surface area contributed by atoms with Crippen LogP contribution in [0.3, 0.4) is 0 Å². The zero-order valence-electron chi connectivity index (χ0n) is 8.77. The monoisotopic (exact) mass is 237 g/mol. The van der Waals surface area contributed by atoms with Crippen molar-refractivity contribution in [2.24, 2.45) is 0 Å². The van der Waals surface area contributed by atoms with Crippen molar-refractivity contribution in [1.29, 1.82) is 5.26 Å². The first-order valence-corrected chi connectivity index (χ1v) is 5.50. The molecule has 0 aliphatic heterocycles. The first-order chi connectivity index (χ1) is 7.65. The van der Waals surface area contributed by atoms with E-state index in [0.717, 1.165) is 5.56 Å². The van der Waals surface area contributed by atoms with Gasteiger partial charge < -0.3 is 10.2 Å². The number of likely N-dealkylation sites (N-methyl/N-ethyl adjacent to an activating group) is 1. The average Bonchev–Trinajstić information content (AvgIpc) is 2.77. The van der Waals surface area contributed by atoms with E-state index in [9.17, 15) is 9.59 Å². The van der Waals surface area contributed by atoms with Crippen LogP contribution in [0.5, 0.6) is 0 Å². The molecule has 0 saturated carbocycles. The Morgan fingerprint density at radius 3 is 2.94 bits per heavy atom. The van der Waals surface area contributed by atoms with Gasteiger partial charge in [0.2, 0.25) is 0 Å². The largest absolute Gasteiger partial charge is 0.335 e. The quantitative estimate of drug-likeness (QED) is 0.609. The van der Waals surface area contributed by atoms with E-state index in [4.69, 9.17) is 5.26 Å². The minimum absolute atomic E-state index is 0.156. The average molecular weight is 237 g/mol. The van der Waals surface area contributed by atoms with Crippen molar-refractivity contribution in [2.75, 3.05) is 13.6 Å². The Bertz CT molecular complexity index is 408. The van der Waals surface area contributed by atoms with Crippen molar-refractivity contribution in [1.82, 2.24) is 10.2 Å². The molecule has 2 amide bonds. The number of rotatable bonds is 3. The van der Waals surface area contributed by atoms with Crippen LogP contribution in [0.15, 0.2) is 16.8 Å². The molecule has 1 aromatic rings. The van der Waals surface area contributed by atoms with E-state index in [1.807, 2.05) is 16.8 Å². The molecular weight excluding hydrogens is 226 g/mol. The van der Waals surface area contributed by atoms with Crippen molar-refractivity contribution < 1.29 is 9.59 Å². The van der Waals surface area contributed by atoms with E-state index in [-0.39, 0.29) is 6.54 Å². The third-order valence-corrected chi connectivity index (χ3v) is 2.60. The summed E-state index contributed by atoms with van der Waals surface area (Å²) >= 11 is 1.53. The summed E-state index contributed by atoms with van der Waals surface area (Å²) in [6, 6.07) is 3.63. The molecular formula is C10H11N3O2S. The molecule has 0 aliphatic rings. The summed E-state index contributed by atoms with van der Waals surface area (Å²) in [7, 11) is 1.55. The molecule has 0 saturated heterocycles. The van der Waals surface area contributed by atoms with Crippen LogP contribution in [0, 0.1) is 11.3 Å². The van der Waals surface area contributed by atoms with Crippen LogP contribution in [0.4, 0.5) is 0 Å². The van der Waals surface area contributed by atoms with Gasteiger partial charge in [-0.15, -0.1) is 0 Å². The van der Waals surface area contributed by atoms with Crippen LogP contribution in [0.1, 0.15) is 5.56 Å². The van der Waals surface area contributed by atoms with Gasteiger partial charge in [0.1, 0.15) is 6.54 Å². The standard InChI is InChI=1S/C10H11N3O2S/c1-13(6-8-2-5-16-7-8)10(15)9(14)12-4-3-11/h2,5,7H,4,6H2,1H3,(H,12,14). The number of amides is 2. The highest BCUT2D eigenvalue weighted by Crippen LogP contribution is 2.08. The zero-order chi connectivity index (χ0) is 12.0. The lowest BCUT2D eigenvalue weighted by Gasteiger charge is -2.15. The predicted molar refractivity (Wildman–Crippen MR) is 59.4 cm³/mol. The summed E-state index contributed by atoms with van der Waals surface area (Å²) in [5.41, 5.74) is 0.980.